The maximum Gasteiger partial charge on any atom is 0.121 e. The minimum Gasteiger partial charge on any atom is -0.396 e. The molecule has 1 unspecified atom stereocenters. The second-order valence-corrected chi connectivity index (χ2v) is 1.67. The Morgan fingerprint density at radius 2 is 2.38 bits per heavy atom. The van der Waals surface area contributed by atoms with Crippen LogP contribution in [0, 0.1) is 0 Å². The first-order chi connectivity index (χ1) is 3.81. The number of hydrogen-bond acceptors (Lipinski definition) is 3. The summed E-state index contributed by atoms with van der Waals surface area (Å²) >= 11 is 0. The lowest BCUT2D eigenvalue weighted by molar-refractivity contribution is -0.108. The van der Waals surface area contributed by atoms with Gasteiger partial charge in [0.25, 0.3) is 0 Å². The van der Waals surface area contributed by atoms with Crippen LogP contribution >= 0.6 is 0 Å². The molecule has 0 spiro atoms. The zero-order valence-electron chi connectivity index (χ0n) is 4.71. The third-order valence-electron chi connectivity index (χ3n) is 0.899. The normalized spacial score (nSPS) is 13.2. The Morgan fingerprint density at radius 3 is 2.75 bits per heavy atom. The molecule has 0 aromatic heterocycles. The van der Waals surface area contributed by atoms with Crippen LogP contribution in [0.25, 0.3) is 0 Å². The Hall–Kier alpha value is -0.410. The highest BCUT2D eigenvalue weighted by atomic mass is 16.3. The highest BCUT2D eigenvalue weighted by Crippen LogP contribution is 1.88. The molecule has 3 heteroatoms. The summed E-state index contributed by atoms with van der Waals surface area (Å²) in [5.41, 5.74) is 5.30. The number of carbonyl (C=O) groups excluding carboxylic acids is 1. The molecule has 0 heterocycles. The van der Waals surface area contributed by atoms with Crippen molar-refractivity contribution in [1.29, 1.82) is 0 Å². The summed E-state index contributed by atoms with van der Waals surface area (Å²) in [5, 5.41) is 8.27. The molecule has 0 bridgehead atoms. The van der Waals surface area contributed by atoms with Gasteiger partial charge in [0.1, 0.15) is 6.29 Å². The van der Waals surface area contributed by atoms with E-state index in [4.69, 9.17) is 10.8 Å². The van der Waals surface area contributed by atoms with Crippen molar-refractivity contribution in [2.75, 3.05) is 6.61 Å². The van der Waals surface area contributed by atoms with Gasteiger partial charge in [-0.15, -0.1) is 0 Å². The van der Waals surface area contributed by atoms with E-state index in [1.165, 1.54) is 0 Å². The van der Waals surface area contributed by atoms with Crippen molar-refractivity contribution >= 4 is 6.29 Å². The van der Waals surface area contributed by atoms with Crippen LogP contribution in [0.3, 0.4) is 0 Å². The molecule has 8 heavy (non-hydrogen) atoms. The Balaban J connectivity index is 3.03. The SMILES string of the molecule is NC(CC=O)CCO. The van der Waals surface area contributed by atoms with Gasteiger partial charge in [0.05, 0.1) is 0 Å². The predicted molar refractivity (Wildman–Crippen MR) is 30.4 cm³/mol. The molecule has 0 radical (unpaired) electrons. The van der Waals surface area contributed by atoms with E-state index in [0.29, 0.717) is 12.8 Å². The summed E-state index contributed by atoms with van der Waals surface area (Å²) < 4.78 is 0. The number of hydrogen-bond donors (Lipinski definition) is 2. The van der Waals surface area contributed by atoms with E-state index in [2.05, 4.69) is 0 Å². The van der Waals surface area contributed by atoms with E-state index in [-0.39, 0.29) is 12.6 Å². The van der Waals surface area contributed by atoms with Crippen LogP contribution in [0.2, 0.25) is 0 Å². The molecule has 0 amide bonds. The van der Waals surface area contributed by atoms with Crippen LogP contribution in [-0.4, -0.2) is 24.0 Å². The van der Waals surface area contributed by atoms with Crippen LogP contribution in [0.15, 0.2) is 0 Å². The highest BCUT2D eigenvalue weighted by Gasteiger charge is 1.97. The molecule has 0 aliphatic rings. The molecule has 0 saturated heterocycles. The number of nitrogens with two attached hydrogens (primary N) is 1. The first-order valence-electron chi connectivity index (χ1n) is 2.61. The Labute approximate surface area is 48.5 Å². The van der Waals surface area contributed by atoms with Crippen molar-refractivity contribution < 1.29 is 9.90 Å². The fraction of sp³-hybridized carbons (Fsp3) is 0.800. The number of aliphatic hydroxyl groups is 1. The van der Waals surface area contributed by atoms with Gasteiger partial charge in [-0.25, -0.2) is 0 Å². The minimum absolute atomic E-state index is 0.0645. The minimum atomic E-state index is -0.155. The van der Waals surface area contributed by atoms with Crippen LogP contribution in [0.1, 0.15) is 12.8 Å². The van der Waals surface area contributed by atoms with Gasteiger partial charge in [0.2, 0.25) is 0 Å². The number of aliphatic hydroxyl groups excluding tert-OH is 1. The van der Waals surface area contributed by atoms with E-state index in [1.54, 1.807) is 0 Å². The molecule has 0 aromatic rings. The van der Waals surface area contributed by atoms with Crippen LogP contribution in [0.4, 0.5) is 0 Å². The van der Waals surface area contributed by atoms with E-state index in [0.717, 1.165) is 6.29 Å². The van der Waals surface area contributed by atoms with Crippen molar-refractivity contribution in [2.24, 2.45) is 5.73 Å². The Kier molecular flexibility index (Phi) is 4.50. The van der Waals surface area contributed by atoms with Gasteiger partial charge in [-0.3, -0.25) is 0 Å². The summed E-state index contributed by atoms with van der Waals surface area (Å²) in [6, 6.07) is -0.155. The average Bonchev–Trinajstić information content (AvgIpc) is 1.68. The van der Waals surface area contributed by atoms with Gasteiger partial charge in [-0.1, -0.05) is 0 Å². The molecule has 0 fully saturated rings. The fourth-order valence-electron chi connectivity index (χ4n) is 0.407. The maximum atomic E-state index is 9.73. The molecular weight excluding hydrogens is 106 g/mol. The van der Waals surface area contributed by atoms with Gasteiger partial charge < -0.3 is 15.6 Å². The standard InChI is InChI=1S/C5H11NO2/c6-5(1-3-7)2-4-8/h3,5,8H,1-2,4,6H2. The smallest absolute Gasteiger partial charge is 0.121 e. The molecule has 48 valence electrons. The first kappa shape index (κ1) is 7.59. The monoisotopic (exact) mass is 117 g/mol. The molecule has 0 aromatic carbocycles. The van der Waals surface area contributed by atoms with Gasteiger partial charge in [0, 0.05) is 19.1 Å². The molecule has 0 rings (SSSR count). The van der Waals surface area contributed by atoms with Crippen molar-refractivity contribution in [1.82, 2.24) is 0 Å². The number of rotatable bonds is 4. The fourth-order valence-corrected chi connectivity index (χ4v) is 0.407. The van der Waals surface area contributed by atoms with Crippen LogP contribution in [0.5, 0.6) is 0 Å². The lowest BCUT2D eigenvalue weighted by Crippen LogP contribution is -2.21. The number of aldehydes is 1. The van der Waals surface area contributed by atoms with E-state index in [9.17, 15) is 4.79 Å². The second-order valence-electron chi connectivity index (χ2n) is 1.67. The van der Waals surface area contributed by atoms with Crippen LogP contribution in [-0.2, 0) is 4.79 Å². The van der Waals surface area contributed by atoms with E-state index >= 15 is 0 Å². The molecule has 0 aliphatic heterocycles. The van der Waals surface area contributed by atoms with Gasteiger partial charge in [0.15, 0.2) is 0 Å². The molecule has 3 N–H and O–H groups in total. The summed E-state index contributed by atoms with van der Waals surface area (Å²) in [4.78, 5) is 9.73. The number of carbonyl (C=O) groups is 1. The summed E-state index contributed by atoms with van der Waals surface area (Å²) in [5.74, 6) is 0. The molecule has 3 nitrogen and oxygen atoms in total. The zero-order valence-corrected chi connectivity index (χ0v) is 4.71. The second kappa shape index (κ2) is 4.74. The van der Waals surface area contributed by atoms with Gasteiger partial charge in [-0.05, 0) is 6.42 Å². The maximum absolute atomic E-state index is 9.73. The molecule has 0 saturated carbocycles. The summed E-state index contributed by atoms with van der Waals surface area (Å²) in [6.07, 6.45) is 1.62. The van der Waals surface area contributed by atoms with Crippen molar-refractivity contribution in [3.8, 4) is 0 Å². The third-order valence-corrected chi connectivity index (χ3v) is 0.899. The molecular formula is C5H11NO2. The highest BCUT2D eigenvalue weighted by molar-refractivity contribution is 5.50. The summed E-state index contributed by atoms with van der Waals surface area (Å²) in [6.45, 7) is 0.0645. The molecule has 1 atom stereocenters. The third kappa shape index (κ3) is 3.77. The lowest BCUT2D eigenvalue weighted by atomic mass is 10.2. The Morgan fingerprint density at radius 1 is 1.75 bits per heavy atom. The van der Waals surface area contributed by atoms with Crippen molar-refractivity contribution in [3.05, 3.63) is 0 Å². The first-order valence-corrected chi connectivity index (χ1v) is 2.61. The van der Waals surface area contributed by atoms with E-state index in [1.807, 2.05) is 0 Å². The topological polar surface area (TPSA) is 63.3 Å². The van der Waals surface area contributed by atoms with E-state index < -0.39 is 0 Å². The molecule has 0 aliphatic carbocycles. The zero-order chi connectivity index (χ0) is 6.41. The predicted octanol–water partition coefficient (Wildman–Crippen LogP) is -0.715. The largest absolute Gasteiger partial charge is 0.396 e. The van der Waals surface area contributed by atoms with Crippen molar-refractivity contribution in [2.45, 2.75) is 18.9 Å². The van der Waals surface area contributed by atoms with Gasteiger partial charge >= 0.3 is 0 Å². The Bertz CT molecular complexity index is 65.4. The van der Waals surface area contributed by atoms with Crippen LogP contribution < -0.4 is 5.73 Å². The quantitative estimate of drug-likeness (QED) is 0.478. The summed E-state index contributed by atoms with van der Waals surface area (Å²) in [7, 11) is 0. The van der Waals surface area contributed by atoms with Gasteiger partial charge in [-0.2, -0.15) is 0 Å². The lowest BCUT2D eigenvalue weighted by Gasteiger charge is -2.01. The average molecular weight is 117 g/mol. The van der Waals surface area contributed by atoms with Crippen molar-refractivity contribution in [3.63, 3.8) is 0 Å².